The van der Waals surface area contributed by atoms with Gasteiger partial charge in [0, 0.05) is 92.7 Å². The molecule has 0 unspecified atom stereocenters. The Bertz CT molecular complexity index is 3350. The lowest BCUT2D eigenvalue weighted by Gasteiger charge is -2.12. The molecule has 0 saturated carbocycles. The molecular formula is C56H44N8O4. The number of amides is 2. The molecule has 68 heavy (non-hydrogen) atoms. The van der Waals surface area contributed by atoms with Gasteiger partial charge in [-0.05, 0) is 147 Å². The van der Waals surface area contributed by atoms with Gasteiger partial charge in [0.2, 0.25) is 0 Å². The first kappa shape index (κ1) is 43.8. The number of anilines is 6. The highest BCUT2D eigenvalue weighted by molar-refractivity contribution is 6.06. The average Bonchev–Trinajstić information content (AvgIpc) is 3.36. The molecule has 0 saturated heterocycles. The minimum absolute atomic E-state index is 0.192. The molecule has 0 aliphatic heterocycles. The Morgan fingerprint density at radius 2 is 0.941 bits per heavy atom. The molecule has 2 amide bonds. The second-order valence-corrected chi connectivity index (χ2v) is 15.6. The summed E-state index contributed by atoms with van der Waals surface area (Å²) in [5, 5.41) is 14.8. The van der Waals surface area contributed by atoms with Crippen molar-refractivity contribution in [3.63, 3.8) is 0 Å². The van der Waals surface area contributed by atoms with Crippen molar-refractivity contribution >= 4 is 67.7 Å². The van der Waals surface area contributed by atoms with E-state index < -0.39 is 0 Å². The maximum Gasteiger partial charge on any atom is 0.255 e. The van der Waals surface area contributed by atoms with Crippen LogP contribution in [0, 0.1) is 13.8 Å². The minimum Gasteiger partial charge on any atom is -0.457 e. The van der Waals surface area contributed by atoms with E-state index in [0.717, 1.165) is 55.8 Å². The van der Waals surface area contributed by atoms with Gasteiger partial charge in [0.15, 0.2) is 0 Å². The van der Waals surface area contributed by atoms with Crippen molar-refractivity contribution in [1.82, 2.24) is 19.9 Å². The number of aryl methyl sites for hydroxylation is 2. The van der Waals surface area contributed by atoms with Gasteiger partial charge in [0.25, 0.3) is 11.8 Å². The van der Waals surface area contributed by atoms with Gasteiger partial charge < -0.3 is 30.7 Å². The number of pyridine rings is 4. The molecule has 12 nitrogen and oxygen atoms in total. The Balaban J connectivity index is 0.000000170. The third kappa shape index (κ3) is 11.1. The number of rotatable bonds is 12. The molecule has 12 heteroatoms. The van der Waals surface area contributed by atoms with Crippen molar-refractivity contribution in [3.05, 3.63) is 229 Å². The summed E-state index contributed by atoms with van der Waals surface area (Å²) in [7, 11) is 0. The third-order valence-corrected chi connectivity index (χ3v) is 10.6. The normalized spacial score (nSPS) is 10.6. The van der Waals surface area contributed by atoms with Crippen LogP contribution < -0.4 is 30.7 Å². The number of nitrogens with zero attached hydrogens (tertiary/aromatic N) is 4. The van der Waals surface area contributed by atoms with Gasteiger partial charge in [0.1, 0.15) is 23.0 Å². The standard InChI is InChI=1S/2C28H22N4O2/c1-19-4-2-7-25-26(14-17-30-27(19)25)31-22-6-3-5-20(18-22)28(33)32-21-8-10-23(11-9-21)34-24-12-15-29-16-13-24;1-19-17-27(25-7-2-3-8-26(25)30-19)31-22-6-4-5-20(18-22)28(33)32-21-9-11-23(12-10-21)34-24-13-15-29-16-14-24/h2*2-18H,1H3,(H,30,31)(H,32,33). The van der Waals surface area contributed by atoms with Crippen LogP contribution in [0.25, 0.3) is 21.8 Å². The molecule has 0 bridgehead atoms. The highest BCUT2D eigenvalue weighted by Crippen LogP contribution is 2.30. The van der Waals surface area contributed by atoms with Crippen LogP contribution in [0.4, 0.5) is 34.1 Å². The number of ether oxygens (including phenoxy) is 2. The van der Waals surface area contributed by atoms with Gasteiger partial charge >= 0.3 is 0 Å². The molecule has 4 N–H and O–H groups in total. The topological polar surface area (TPSA) is 152 Å². The van der Waals surface area contributed by atoms with Crippen LogP contribution in [0.2, 0.25) is 0 Å². The predicted octanol–water partition coefficient (Wildman–Crippen LogP) is 13.5. The number of nitrogens with one attached hydrogen (secondary N) is 4. The fraction of sp³-hybridized carbons (Fsp3) is 0.0357. The molecule has 6 aromatic carbocycles. The molecule has 0 aliphatic carbocycles. The molecule has 4 heterocycles. The Kier molecular flexibility index (Phi) is 13.3. The Hall–Kier alpha value is -9.42. The Morgan fingerprint density at radius 3 is 1.51 bits per heavy atom. The van der Waals surface area contributed by atoms with E-state index in [1.807, 2.05) is 153 Å². The number of benzene rings is 6. The first-order valence-electron chi connectivity index (χ1n) is 21.7. The van der Waals surface area contributed by atoms with Crippen molar-refractivity contribution in [3.8, 4) is 23.0 Å². The summed E-state index contributed by atoms with van der Waals surface area (Å²) < 4.78 is 11.5. The van der Waals surface area contributed by atoms with Gasteiger partial charge in [-0.1, -0.05) is 48.5 Å². The molecular weight excluding hydrogens is 849 g/mol. The summed E-state index contributed by atoms with van der Waals surface area (Å²) >= 11 is 0. The molecule has 4 aromatic heterocycles. The Labute approximate surface area is 392 Å². The number of fused-ring (bicyclic) bond motifs is 2. The second-order valence-electron chi connectivity index (χ2n) is 15.6. The summed E-state index contributed by atoms with van der Waals surface area (Å²) in [5.74, 6) is 2.37. The second kappa shape index (κ2) is 20.6. The fourth-order valence-electron chi connectivity index (χ4n) is 7.34. The van der Waals surface area contributed by atoms with E-state index in [4.69, 9.17) is 9.47 Å². The number of hydrogen-bond acceptors (Lipinski definition) is 10. The number of hydrogen-bond donors (Lipinski definition) is 4. The summed E-state index contributed by atoms with van der Waals surface area (Å²) in [6, 6.07) is 54.5. The summed E-state index contributed by atoms with van der Waals surface area (Å²) in [6.07, 6.45) is 8.48. The lowest BCUT2D eigenvalue weighted by Crippen LogP contribution is -2.12. The van der Waals surface area contributed by atoms with Crippen LogP contribution in [-0.4, -0.2) is 31.8 Å². The van der Waals surface area contributed by atoms with E-state index in [-0.39, 0.29) is 11.8 Å². The first-order valence-corrected chi connectivity index (χ1v) is 21.7. The van der Waals surface area contributed by atoms with E-state index in [1.54, 1.807) is 67.4 Å². The van der Waals surface area contributed by atoms with Crippen LogP contribution in [0.15, 0.2) is 207 Å². The van der Waals surface area contributed by atoms with E-state index in [0.29, 0.717) is 45.5 Å². The average molecular weight is 893 g/mol. The van der Waals surface area contributed by atoms with Crippen LogP contribution in [0.5, 0.6) is 23.0 Å². The van der Waals surface area contributed by atoms with E-state index in [2.05, 4.69) is 41.2 Å². The summed E-state index contributed by atoms with van der Waals surface area (Å²) in [4.78, 5) is 42.8. The zero-order valence-corrected chi connectivity index (χ0v) is 37.1. The molecule has 10 aromatic rings. The number of aromatic nitrogens is 4. The SMILES string of the molecule is Cc1cc(Nc2cccc(C(=O)Nc3ccc(Oc4ccncc4)cc3)c2)c2ccccc2n1.Cc1cccc2c(Nc3cccc(C(=O)Nc4ccc(Oc5ccncc5)cc4)c3)ccnc12. The zero-order chi connectivity index (χ0) is 46.7. The van der Waals surface area contributed by atoms with Crippen molar-refractivity contribution in [2.75, 3.05) is 21.3 Å². The molecule has 0 spiro atoms. The zero-order valence-electron chi connectivity index (χ0n) is 37.1. The van der Waals surface area contributed by atoms with Gasteiger partial charge in [-0.3, -0.25) is 29.5 Å². The molecule has 0 aliphatic rings. The fourth-order valence-corrected chi connectivity index (χ4v) is 7.34. The lowest BCUT2D eigenvalue weighted by atomic mass is 10.1. The molecule has 332 valence electrons. The third-order valence-electron chi connectivity index (χ3n) is 10.6. The molecule has 0 radical (unpaired) electrons. The predicted molar refractivity (Wildman–Crippen MR) is 270 cm³/mol. The van der Waals surface area contributed by atoms with Crippen LogP contribution in [0.3, 0.4) is 0 Å². The van der Waals surface area contributed by atoms with Crippen molar-refractivity contribution < 1.29 is 19.1 Å². The van der Waals surface area contributed by atoms with Crippen molar-refractivity contribution in [1.29, 1.82) is 0 Å². The molecule has 0 atom stereocenters. The summed E-state index contributed by atoms with van der Waals surface area (Å²) in [6.45, 7) is 4.01. The van der Waals surface area contributed by atoms with Crippen LogP contribution in [-0.2, 0) is 0 Å². The van der Waals surface area contributed by atoms with Crippen LogP contribution in [0.1, 0.15) is 32.0 Å². The highest BCUT2D eigenvalue weighted by atomic mass is 16.5. The maximum absolute atomic E-state index is 12.9. The number of carbonyl (C=O) groups excluding carboxylic acids is 2. The molecule has 10 rings (SSSR count). The minimum atomic E-state index is -0.193. The summed E-state index contributed by atoms with van der Waals surface area (Å²) in [5.41, 5.74) is 9.93. The van der Waals surface area contributed by atoms with Crippen molar-refractivity contribution in [2.24, 2.45) is 0 Å². The number of carbonyl (C=O) groups is 2. The van der Waals surface area contributed by atoms with Crippen molar-refractivity contribution in [2.45, 2.75) is 13.8 Å². The van der Waals surface area contributed by atoms with E-state index in [1.165, 1.54) is 0 Å². The quantitative estimate of drug-likeness (QED) is 0.0932. The van der Waals surface area contributed by atoms with Crippen LogP contribution >= 0.6 is 0 Å². The lowest BCUT2D eigenvalue weighted by molar-refractivity contribution is 0.101. The van der Waals surface area contributed by atoms with Gasteiger partial charge in [-0.15, -0.1) is 0 Å². The van der Waals surface area contributed by atoms with Gasteiger partial charge in [-0.2, -0.15) is 0 Å². The van der Waals surface area contributed by atoms with Gasteiger partial charge in [0.05, 0.1) is 11.0 Å². The number of para-hydroxylation sites is 2. The Morgan fingerprint density at radius 1 is 0.441 bits per heavy atom. The highest BCUT2D eigenvalue weighted by Gasteiger charge is 2.12. The monoisotopic (exact) mass is 892 g/mol. The first-order chi connectivity index (χ1) is 33.3. The maximum atomic E-state index is 12.9. The smallest absolute Gasteiger partial charge is 0.255 e. The van der Waals surface area contributed by atoms with Gasteiger partial charge in [-0.25, -0.2) is 0 Å². The molecule has 0 fully saturated rings. The van der Waals surface area contributed by atoms with E-state index >= 15 is 0 Å². The largest absolute Gasteiger partial charge is 0.457 e. The van der Waals surface area contributed by atoms with E-state index in [9.17, 15) is 9.59 Å².